The summed E-state index contributed by atoms with van der Waals surface area (Å²) >= 11 is 0. The standard InChI is InChI=1S/C18H24N4O5S/c1-18(2,3)16-12-19-17(27-16)13-20-7-9-21(10-8-20)28(25,26)15-6-4-5-14(11-15)22(23)24/h4-6,11-12H,7-10,13H2,1-3H3. The molecule has 0 atom stereocenters. The van der Waals surface area contributed by atoms with E-state index in [1.807, 2.05) is 0 Å². The molecule has 1 saturated heterocycles. The molecule has 2 aromatic rings. The summed E-state index contributed by atoms with van der Waals surface area (Å²) in [6.45, 7) is 8.33. The van der Waals surface area contributed by atoms with Crippen molar-refractivity contribution in [1.82, 2.24) is 14.2 Å². The molecule has 0 unspecified atom stereocenters. The molecule has 1 aromatic heterocycles. The summed E-state index contributed by atoms with van der Waals surface area (Å²) in [6.07, 6.45) is 1.73. The molecule has 0 aliphatic carbocycles. The quantitative estimate of drug-likeness (QED) is 0.552. The summed E-state index contributed by atoms with van der Waals surface area (Å²) in [4.78, 5) is 16.7. The van der Waals surface area contributed by atoms with E-state index in [1.165, 1.54) is 22.5 Å². The predicted molar refractivity (Wildman–Crippen MR) is 102 cm³/mol. The van der Waals surface area contributed by atoms with Crippen molar-refractivity contribution in [3.8, 4) is 0 Å². The zero-order valence-corrected chi connectivity index (χ0v) is 17.0. The Balaban J connectivity index is 1.64. The molecule has 0 spiro atoms. The van der Waals surface area contributed by atoms with Crippen LogP contribution >= 0.6 is 0 Å². The Morgan fingerprint density at radius 1 is 1.21 bits per heavy atom. The van der Waals surface area contributed by atoms with E-state index in [-0.39, 0.29) is 16.0 Å². The van der Waals surface area contributed by atoms with E-state index in [0.29, 0.717) is 38.6 Å². The van der Waals surface area contributed by atoms with E-state index in [1.54, 1.807) is 6.20 Å². The first-order valence-corrected chi connectivity index (χ1v) is 10.4. The third-order valence-corrected chi connectivity index (χ3v) is 6.54. The Morgan fingerprint density at radius 3 is 2.46 bits per heavy atom. The first-order valence-electron chi connectivity index (χ1n) is 8.99. The molecule has 152 valence electrons. The van der Waals surface area contributed by atoms with Gasteiger partial charge in [-0.05, 0) is 6.07 Å². The van der Waals surface area contributed by atoms with Crippen LogP contribution in [0.2, 0.25) is 0 Å². The molecule has 0 amide bonds. The summed E-state index contributed by atoms with van der Waals surface area (Å²) in [5.41, 5.74) is -0.352. The number of piperazine rings is 1. The number of rotatable bonds is 5. The molecule has 9 nitrogen and oxygen atoms in total. The van der Waals surface area contributed by atoms with Crippen LogP contribution in [0.15, 0.2) is 39.8 Å². The van der Waals surface area contributed by atoms with Crippen molar-refractivity contribution in [2.45, 2.75) is 37.6 Å². The average molecular weight is 408 g/mol. The maximum absolute atomic E-state index is 12.8. The van der Waals surface area contributed by atoms with Crippen molar-refractivity contribution in [3.63, 3.8) is 0 Å². The van der Waals surface area contributed by atoms with Gasteiger partial charge in [-0.3, -0.25) is 15.0 Å². The minimum absolute atomic E-state index is 0.0577. The lowest BCUT2D eigenvalue weighted by Crippen LogP contribution is -2.48. The smallest absolute Gasteiger partial charge is 0.270 e. The highest BCUT2D eigenvalue weighted by atomic mass is 32.2. The highest BCUT2D eigenvalue weighted by Gasteiger charge is 2.30. The number of hydrogen-bond donors (Lipinski definition) is 0. The fourth-order valence-electron chi connectivity index (χ4n) is 2.96. The van der Waals surface area contributed by atoms with Gasteiger partial charge in [-0.2, -0.15) is 4.31 Å². The van der Waals surface area contributed by atoms with Crippen LogP contribution in [0, 0.1) is 10.1 Å². The van der Waals surface area contributed by atoms with E-state index >= 15 is 0 Å². The van der Waals surface area contributed by atoms with Gasteiger partial charge >= 0.3 is 0 Å². The van der Waals surface area contributed by atoms with E-state index in [0.717, 1.165) is 11.8 Å². The van der Waals surface area contributed by atoms with Crippen molar-refractivity contribution in [2.24, 2.45) is 0 Å². The minimum atomic E-state index is -3.77. The highest BCUT2D eigenvalue weighted by Crippen LogP contribution is 2.24. The van der Waals surface area contributed by atoms with Crippen molar-refractivity contribution in [1.29, 1.82) is 0 Å². The maximum Gasteiger partial charge on any atom is 0.270 e. The second-order valence-corrected chi connectivity index (χ2v) is 9.74. The van der Waals surface area contributed by atoms with Crippen LogP contribution in [0.25, 0.3) is 0 Å². The summed E-state index contributed by atoms with van der Waals surface area (Å²) < 4.78 is 32.8. The fourth-order valence-corrected chi connectivity index (χ4v) is 4.42. The Morgan fingerprint density at radius 2 is 1.89 bits per heavy atom. The molecule has 0 bridgehead atoms. The Hall–Kier alpha value is -2.30. The third kappa shape index (κ3) is 4.40. The van der Waals surface area contributed by atoms with Crippen LogP contribution in [0.3, 0.4) is 0 Å². The van der Waals surface area contributed by atoms with E-state index in [4.69, 9.17) is 4.42 Å². The number of nitro groups is 1. The summed E-state index contributed by atoms with van der Waals surface area (Å²) in [5.74, 6) is 1.43. The maximum atomic E-state index is 12.8. The topological polar surface area (TPSA) is 110 Å². The molecule has 3 rings (SSSR count). The van der Waals surface area contributed by atoms with E-state index < -0.39 is 14.9 Å². The van der Waals surface area contributed by atoms with Crippen molar-refractivity contribution in [2.75, 3.05) is 26.2 Å². The molecule has 10 heteroatoms. The SMILES string of the molecule is CC(C)(C)c1cnc(CN2CCN(S(=O)(=O)c3cccc([N+](=O)[O-])c3)CC2)o1. The first-order chi connectivity index (χ1) is 13.1. The predicted octanol–water partition coefficient (Wildman–Crippen LogP) is 2.39. The van der Waals surface area contributed by atoms with Gasteiger partial charge in [0, 0.05) is 43.7 Å². The van der Waals surface area contributed by atoms with Gasteiger partial charge in [0.25, 0.3) is 5.69 Å². The molecular formula is C18H24N4O5S. The number of sulfonamides is 1. The number of nitrogens with zero attached hydrogens (tertiary/aromatic N) is 4. The molecule has 1 fully saturated rings. The summed E-state index contributed by atoms with van der Waals surface area (Å²) in [5, 5.41) is 10.9. The lowest BCUT2D eigenvalue weighted by atomic mass is 9.94. The molecule has 0 N–H and O–H groups in total. The molecule has 2 heterocycles. The van der Waals surface area contributed by atoms with Crippen LogP contribution in [0.4, 0.5) is 5.69 Å². The van der Waals surface area contributed by atoms with Gasteiger partial charge in [0.15, 0.2) is 0 Å². The average Bonchev–Trinajstić information content (AvgIpc) is 3.11. The molecule has 1 aliphatic rings. The number of hydrogen-bond acceptors (Lipinski definition) is 7. The zero-order valence-electron chi connectivity index (χ0n) is 16.2. The molecule has 0 saturated carbocycles. The van der Waals surface area contributed by atoms with E-state index in [2.05, 4.69) is 30.7 Å². The number of non-ortho nitro benzene ring substituents is 1. The lowest BCUT2D eigenvalue weighted by molar-refractivity contribution is -0.385. The van der Waals surface area contributed by atoms with Gasteiger partial charge in [0.1, 0.15) is 5.76 Å². The molecule has 0 radical (unpaired) electrons. The lowest BCUT2D eigenvalue weighted by Gasteiger charge is -2.33. The van der Waals surface area contributed by atoms with Crippen molar-refractivity contribution >= 4 is 15.7 Å². The third-order valence-electron chi connectivity index (χ3n) is 4.65. The van der Waals surface area contributed by atoms with Crippen LogP contribution in [0.1, 0.15) is 32.4 Å². The van der Waals surface area contributed by atoms with E-state index in [9.17, 15) is 18.5 Å². The minimum Gasteiger partial charge on any atom is -0.444 e. The van der Waals surface area contributed by atoms with Crippen LogP contribution in [-0.4, -0.2) is 53.7 Å². The van der Waals surface area contributed by atoms with Crippen LogP contribution in [0.5, 0.6) is 0 Å². The summed E-state index contributed by atoms with van der Waals surface area (Å²) in [6, 6.07) is 5.15. The van der Waals surface area contributed by atoms with Gasteiger partial charge < -0.3 is 4.42 Å². The van der Waals surface area contributed by atoms with Gasteiger partial charge in [0.05, 0.1) is 22.6 Å². The fraction of sp³-hybridized carbons (Fsp3) is 0.500. The molecular weight excluding hydrogens is 384 g/mol. The van der Waals surface area contributed by atoms with Gasteiger partial charge in [-0.1, -0.05) is 26.8 Å². The molecule has 28 heavy (non-hydrogen) atoms. The first kappa shape index (κ1) is 20.4. The number of nitro benzene ring substituents is 1. The van der Waals surface area contributed by atoms with Crippen LogP contribution < -0.4 is 0 Å². The van der Waals surface area contributed by atoms with Crippen LogP contribution in [-0.2, 0) is 22.0 Å². The monoisotopic (exact) mass is 408 g/mol. The number of oxazole rings is 1. The Labute approximate surface area is 164 Å². The van der Waals surface area contributed by atoms with Crippen molar-refractivity contribution in [3.05, 3.63) is 52.2 Å². The largest absolute Gasteiger partial charge is 0.444 e. The second kappa shape index (κ2) is 7.61. The highest BCUT2D eigenvalue weighted by molar-refractivity contribution is 7.89. The number of aromatic nitrogens is 1. The van der Waals surface area contributed by atoms with Gasteiger partial charge in [-0.15, -0.1) is 0 Å². The van der Waals surface area contributed by atoms with Gasteiger partial charge in [0.2, 0.25) is 15.9 Å². The normalized spacial score (nSPS) is 17.0. The Bertz CT molecular complexity index is 956. The van der Waals surface area contributed by atoms with Crippen molar-refractivity contribution < 1.29 is 17.8 Å². The number of benzene rings is 1. The summed E-state index contributed by atoms with van der Waals surface area (Å²) in [7, 11) is -3.77. The molecule has 1 aromatic carbocycles. The van der Waals surface area contributed by atoms with Gasteiger partial charge in [-0.25, -0.2) is 13.4 Å². The Kier molecular flexibility index (Phi) is 5.55. The molecule has 1 aliphatic heterocycles. The zero-order chi connectivity index (χ0) is 20.5. The second-order valence-electron chi connectivity index (χ2n) is 7.80.